The molecule has 0 radical (unpaired) electrons. The second-order valence-corrected chi connectivity index (χ2v) is 2.91. The Labute approximate surface area is 84.2 Å². The summed E-state index contributed by atoms with van der Waals surface area (Å²) in [5, 5.41) is 10.4. The Kier molecular flexibility index (Phi) is 3.13. The number of hydrogen-bond donors (Lipinski definition) is 2. The van der Waals surface area contributed by atoms with Gasteiger partial charge < -0.3 is 10.4 Å². The largest absolute Gasteiger partial charge is 0.477 e. The van der Waals surface area contributed by atoms with Gasteiger partial charge in [-0.15, -0.1) is 0 Å². The van der Waals surface area contributed by atoms with Crippen molar-refractivity contribution < 1.29 is 18.7 Å². The summed E-state index contributed by atoms with van der Waals surface area (Å²) in [6.45, 7) is 0.668. The van der Waals surface area contributed by atoms with Gasteiger partial charge in [-0.3, -0.25) is 0 Å². The van der Waals surface area contributed by atoms with Crippen molar-refractivity contribution in [1.82, 2.24) is 9.97 Å². The molecule has 0 aliphatic carbocycles. The Bertz CT molecular complexity index is 371. The molecule has 1 aromatic rings. The number of carbonyl (C=O) groups is 1. The zero-order valence-electron chi connectivity index (χ0n) is 7.87. The van der Waals surface area contributed by atoms with Crippen LogP contribution in [0.5, 0.6) is 0 Å². The predicted octanol–water partition coefficient (Wildman–Crippen LogP) is 0.917. The van der Waals surface area contributed by atoms with Gasteiger partial charge in [0, 0.05) is 11.8 Å². The lowest BCUT2D eigenvalue weighted by molar-refractivity contribution is -0.162. The molecule has 15 heavy (non-hydrogen) atoms. The minimum atomic E-state index is -3.81. The highest BCUT2D eigenvalue weighted by Gasteiger charge is 2.38. The van der Waals surface area contributed by atoms with Crippen molar-refractivity contribution in [1.29, 1.82) is 0 Å². The SMILES string of the molecule is Cc1cc(NCC(F)(F)C(=O)O)ncn1. The molecule has 0 saturated heterocycles. The van der Waals surface area contributed by atoms with Crippen LogP contribution in [0.2, 0.25) is 0 Å². The zero-order chi connectivity index (χ0) is 11.5. The minimum absolute atomic E-state index is 0.170. The molecule has 0 atom stereocenters. The van der Waals surface area contributed by atoms with E-state index in [-0.39, 0.29) is 5.82 Å². The number of aromatic nitrogens is 2. The van der Waals surface area contributed by atoms with Crippen LogP contribution in [-0.4, -0.2) is 33.5 Å². The first-order valence-corrected chi connectivity index (χ1v) is 4.05. The zero-order valence-corrected chi connectivity index (χ0v) is 7.87. The molecule has 0 unspecified atom stereocenters. The molecule has 2 N–H and O–H groups in total. The van der Waals surface area contributed by atoms with Gasteiger partial charge in [-0.05, 0) is 6.92 Å². The Balaban J connectivity index is 2.61. The van der Waals surface area contributed by atoms with E-state index in [9.17, 15) is 13.6 Å². The molecule has 1 aromatic heterocycles. The van der Waals surface area contributed by atoms with Crippen LogP contribution in [0, 0.1) is 6.92 Å². The van der Waals surface area contributed by atoms with Gasteiger partial charge in [0.15, 0.2) is 0 Å². The molecule has 1 heterocycles. The number of nitrogens with one attached hydrogen (secondary N) is 1. The minimum Gasteiger partial charge on any atom is -0.477 e. The van der Waals surface area contributed by atoms with Crippen molar-refractivity contribution in [3.63, 3.8) is 0 Å². The number of anilines is 1. The number of carboxylic acids is 1. The topological polar surface area (TPSA) is 75.1 Å². The lowest BCUT2D eigenvalue weighted by Crippen LogP contribution is -2.36. The van der Waals surface area contributed by atoms with E-state index >= 15 is 0 Å². The third-order valence-corrected chi connectivity index (χ3v) is 1.61. The highest BCUT2D eigenvalue weighted by Crippen LogP contribution is 2.14. The van der Waals surface area contributed by atoms with E-state index in [0.717, 1.165) is 0 Å². The third-order valence-electron chi connectivity index (χ3n) is 1.61. The fourth-order valence-corrected chi connectivity index (χ4v) is 0.828. The van der Waals surface area contributed by atoms with Gasteiger partial charge >= 0.3 is 11.9 Å². The quantitative estimate of drug-likeness (QED) is 0.784. The summed E-state index contributed by atoms with van der Waals surface area (Å²) in [4.78, 5) is 17.5. The van der Waals surface area contributed by atoms with Crippen LogP contribution in [-0.2, 0) is 4.79 Å². The Morgan fingerprint density at radius 2 is 2.27 bits per heavy atom. The summed E-state index contributed by atoms with van der Waals surface area (Å²) < 4.78 is 25.3. The van der Waals surface area contributed by atoms with E-state index < -0.39 is 18.4 Å². The molecule has 0 aromatic carbocycles. The Morgan fingerprint density at radius 1 is 1.60 bits per heavy atom. The molecule has 7 heteroatoms. The number of carboxylic acid groups (broad SMARTS) is 1. The standard InChI is InChI=1S/C8H9F2N3O2/c1-5-2-6(13-4-12-5)11-3-8(9,10)7(14)15/h2,4H,3H2,1H3,(H,14,15)(H,11,12,13). The molecule has 0 aliphatic rings. The molecule has 0 bridgehead atoms. The number of halogens is 2. The maximum atomic E-state index is 12.6. The van der Waals surface area contributed by atoms with Crippen molar-refractivity contribution >= 4 is 11.8 Å². The number of aryl methyl sites for hydroxylation is 1. The molecule has 5 nitrogen and oxygen atoms in total. The van der Waals surface area contributed by atoms with Crippen LogP contribution < -0.4 is 5.32 Å². The Hall–Kier alpha value is -1.79. The normalized spacial score (nSPS) is 11.1. The highest BCUT2D eigenvalue weighted by molar-refractivity contribution is 5.76. The molecule has 1 rings (SSSR count). The van der Waals surface area contributed by atoms with Crippen LogP contribution in [0.3, 0.4) is 0 Å². The highest BCUT2D eigenvalue weighted by atomic mass is 19.3. The summed E-state index contributed by atoms with van der Waals surface area (Å²) >= 11 is 0. The van der Waals surface area contributed by atoms with Crippen molar-refractivity contribution in [2.24, 2.45) is 0 Å². The van der Waals surface area contributed by atoms with Crippen molar-refractivity contribution in [3.8, 4) is 0 Å². The fourth-order valence-electron chi connectivity index (χ4n) is 0.828. The second-order valence-electron chi connectivity index (χ2n) is 2.91. The number of nitrogens with zero attached hydrogens (tertiary/aromatic N) is 2. The summed E-state index contributed by atoms with van der Waals surface area (Å²) in [6, 6.07) is 1.44. The number of rotatable bonds is 4. The van der Waals surface area contributed by atoms with Gasteiger partial charge in [0.05, 0.1) is 6.54 Å². The predicted molar refractivity (Wildman–Crippen MR) is 47.8 cm³/mol. The number of alkyl halides is 2. The van der Waals surface area contributed by atoms with Gasteiger partial charge in [0.2, 0.25) is 0 Å². The van der Waals surface area contributed by atoms with Crippen LogP contribution in [0.1, 0.15) is 5.69 Å². The molecule has 0 spiro atoms. The summed E-state index contributed by atoms with van der Waals surface area (Å²) in [6.07, 6.45) is 1.20. The van der Waals surface area contributed by atoms with E-state index in [1.54, 1.807) is 6.92 Å². The number of aliphatic carboxylic acids is 1. The first kappa shape index (κ1) is 11.3. The van der Waals surface area contributed by atoms with Crippen molar-refractivity contribution in [3.05, 3.63) is 18.1 Å². The van der Waals surface area contributed by atoms with E-state index in [1.807, 2.05) is 0 Å². The lowest BCUT2D eigenvalue weighted by Gasteiger charge is -2.12. The van der Waals surface area contributed by atoms with Crippen LogP contribution in [0.4, 0.5) is 14.6 Å². The number of hydrogen-bond acceptors (Lipinski definition) is 4. The van der Waals surface area contributed by atoms with E-state index in [2.05, 4.69) is 15.3 Å². The van der Waals surface area contributed by atoms with Crippen LogP contribution in [0.25, 0.3) is 0 Å². The molecule has 82 valence electrons. The maximum absolute atomic E-state index is 12.6. The summed E-state index contributed by atoms with van der Waals surface area (Å²) in [7, 11) is 0. The average Bonchev–Trinajstić information content (AvgIpc) is 2.15. The van der Waals surface area contributed by atoms with Gasteiger partial charge in [-0.1, -0.05) is 0 Å². The van der Waals surface area contributed by atoms with E-state index in [4.69, 9.17) is 5.11 Å². The maximum Gasteiger partial charge on any atom is 0.376 e. The molecule has 0 amide bonds. The lowest BCUT2D eigenvalue weighted by atomic mass is 10.3. The smallest absolute Gasteiger partial charge is 0.376 e. The molecule has 0 saturated carbocycles. The molecule has 0 aliphatic heterocycles. The summed E-state index contributed by atoms with van der Waals surface area (Å²) in [5.41, 5.74) is 0.603. The third kappa shape index (κ3) is 3.12. The van der Waals surface area contributed by atoms with Crippen molar-refractivity contribution in [2.75, 3.05) is 11.9 Å². The van der Waals surface area contributed by atoms with Crippen LogP contribution >= 0.6 is 0 Å². The van der Waals surface area contributed by atoms with Crippen LogP contribution in [0.15, 0.2) is 12.4 Å². The Morgan fingerprint density at radius 3 is 2.80 bits per heavy atom. The van der Waals surface area contributed by atoms with E-state index in [0.29, 0.717) is 5.69 Å². The molecular weight excluding hydrogens is 208 g/mol. The van der Waals surface area contributed by atoms with Gasteiger partial charge in [0.1, 0.15) is 12.1 Å². The van der Waals surface area contributed by atoms with Gasteiger partial charge in [-0.2, -0.15) is 8.78 Å². The van der Waals surface area contributed by atoms with E-state index in [1.165, 1.54) is 12.4 Å². The van der Waals surface area contributed by atoms with Gasteiger partial charge in [0.25, 0.3) is 0 Å². The second kappa shape index (κ2) is 4.16. The van der Waals surface area contributed by atoms with Crippen molar-refractivity contribution in [2.45, 2.75) is 12.8 Å². The monoisotopic (exact) mass is 217 g/mol. The first-order valence-electron chi connectivity index (χ1n) is 4.05. The fraction of sp³-hybridized carbons (Fsp3) is 0.375. The average molecular weight is 217 g/mol. The molecule has 0 fully saturated rings. The molecular formula is C8H9F2N3O2. The van der Waals surface area contributed by atoms with Gasteiger partial charge in [-0.25, -0.2) is 14.8 Å². The summed E-state index contributed by atoms with van der Waals surface area (Å²) in [5.74, 6) is -5.80. The first-order chi connectivity index (χ1) is 6.92.